The summed E-state index contributed by atoms with van der Waals surface area (Å²) in [5, 5.41) is 96.3. The number of carbonyl (C=O) groups excluding carboxylic acids is 2. The molecule has 13 N–H and O–H groups in total. The van der Waals surface area contributed by atoms with Gasteiger partial charge in [0.15, 0.2) is 18.9 Å². The zero-order valence-corrected chi connectivity index (χ0v) is 24.8. The zero-order valence-electron chi connectivity index (χ0n) is 24.8. The number of hydrogen-bond donors (Lipinski definition) is 12. The van der Waals surface area contributed by atoms with E-state index in [1.807, 2.05) is 0 Å². The Bertz CT molecular complexity index is 1020. The monoisotopic (exact) mass is 673 g/mol. The standard InChI is InChI=1S/C25H43N3O18/c1-7(31)27-13-18(36)15(33)10(3-29)43-23(13)42-6-12-17(35)21(46-25-20(38)19(37)16(34)11(4-30)44-25)14(28-8(2)32)24(45-12)41-5-9(26)22(39)40/h9-21,23-25,29-30,33-38H,3-6,26H2,1-2H3,(H,27,31)(H,28,32)(H,39,40)/t9-,10+,11+,12+,13+,14+,15+,16-,17-,18+,19-,20+,21+,23+,24-,25-/m0/s1. The van der Waals surface area contributed by atoms with E-state index < -0.39 is 142 Å². The van der Waals surface area contributed by atoms with Crippen LogP contribution < -0.4 is 16.4 Å². The summed E-state index contributed by atoms with van der Waals surface area (Å²) in [7, 11) is 0. The van der Waals surface area contributed by atoms with Crippen LogP contribution in [0.5, 0.6) is 0 Å². The summed E-state index contributed by atoms with van der Waals surface area (Å²) in [6, 6.07) is -4.40. The maximum atomic E-state index is 12.2. The van der Waals surface area contributed by atoms with Gasteiger partial charge in [0.25, 0.3) is 0 Å². The number of carboxylic acid groups (broad SMARTS) is 1. The van der Waals surface area contributed by atoms with Crippen LogP contribution in [-0.4, -0.2) is 188 Å². The summed E-state index contributed by atoms with van der Waals surface area (Å²) in [5.74, 6) is -2.79. The smallest absolute Gasteiger partial charge is 0.322 e. The van der Waals surface area contributed by atoms with Gasteiger partial charge in [0.2, 0.25) is 11.8 Å². The van der Waals surface area contributed by atoms with E-state index in [9.17, 15) is 60.3 Å². The molecule has 3 saturated heterocycles. The lowest BCUT2D eigenvalue weighted by atomic mass is 9.95. The number of hydrogen-bond acceptors (Lipinski definition) is 18. The van der Waals surface area contributed by atoms with Gasteiger partial charge in [0, 0.05) is 13.8 Å². The molecule has 0 aromatic heterocycles. The van der Waals surface area contributed by atoms with Crippen molar-refractivity contribution in [3.63, 3.8) is 0 Å². The van der Waals surface area contributed by atoms with Crippen molar-refractivity contribution in [1.82, 2.24) is 10.6 Å². The Morgan fingerprint density at radius 3 is 1.74 bits per heavy atom. The molecule has 0 aromatic carbocycles. The minimum Gasteiger partial charge on any atom is -0.480 e. The lowest BCUT2D eigenvalue weighted by Gasteiger charge is -2.48. The molecule has 0 unspecified atom stereocenters. The highest BCUT2D eigenvalue weighted by Gasteiger charge is 2.53. The summed E-state index contributed by atoms with van der Waals surface area (Å²) in [6.45, 7) is -0.680. The number of carbonyl (C=O) groups is 3. The van der Waals surface area contributed by atoms with Crippen LogP contribution in [-0.2, 0) is 42.8 Å². The predicted molar refractivity (Wildman–Crippen MR) is 144 cm³/mol. The van der Waals surface area contributed by atoms with Gasteiger partial charge in [-0.25, -0.2) is 0 Å². The Kier molecular flexibility index (Phi) is 13.9. The van der Waals surface area contributed by atoms with E-state index in [1.54, 1.807) is 0 Å². The van der Waals surface area contributed by atoms with Crippen molar-refractivity contribution in [2.75, 3.05) is 26.4 Å². The van der Waals surface area contributed by atoms with Crippen molar-refractivity contribution in [2.45, 2.75) is 112 Å². The van der Waals surface area contributed by atoms with E-state index in [-0.39, 0.29) is 0 Å². The maximum Gasteiger partial charge on any atom is 0.322 e. The van der Waals surface area contributed by atoms with Crippen molar-refractivity contribution in [3.8, 4) is 0 Å². The first-order valence-electron chi connectivity index (χ1n) is 14.3. The van der Waals surface area contributed by atoms with Crippen molar-refractivity contribution in [1.29, 1.82) is 0 Å². The van der Waals surface area contributed by atoms with Crippen LogP contribution in [0, 0.1) is 0 Å². The largest absolute Gasteiger partial charge is 0.480 e. The average Bonchev–Trinajstić information content (AvgIpc) is 3.00. The quantitative estimate of drug-likeness (QED) is 0.0863. The van der Waals surface area contributed by atoms with Crippen LogP contribution in [0.25, 0.3) is 0 Å². The van der Waals surface area contributed by atoms with Crippen LogP contribution in [0.3, 0.4) is 0 Å². The highest BCUT2D eigenvalue weighted by Crippen LogP contribution is 2.31. The summed E-state index contributed by atoms with van der Waals surface area (Å²) < 4.78 is 33.7. The maximum absolute atomic E-state index is 12.2. The molecule has 0 saturated carbocycles. The number of rotatable bonds is 13. The third kappa shape index (κ3) is 9.03. The average molecular weight is 674 g/mol. The second kappa shape index (κ2) is 16.8. The molecule has 21 heteroatoms. The molecule has 0 radical (unpaired) electrons. The number of nitrogens with two attached hydrogens (primary N) is 1. The lowest BCUT2D eigenvalue weighted by molar-refractivity contribution is -0.349. The molecule has 16 atom stereocenters. The van der Waals surface area contributed by atoms with Gasteiger partial charge >= 0.3 is 5.97 Å². The van der Waals surface area contributed by atoms with Gasteiger partial charge in [-0.2, -0.15) is 0 Å². The molecule has 266 valence electrons. The first-order valence-corrected chi connectivity index (χ1v) is 14.3. The van der Waals surface area contributed by atoms with E-state index in [0.717, 1.165) is 13.8 Å². The van der Waals surface area contributed by atoms with Gasteiger partial charge in [-0.15, -0.1) is 0 Å². The Hall–Kier alpha value is -2.19. The molecule has 0 aliphatic carbocycles. The predicted octanol–water partition coefficient (Wildman–Crippen LogP) is -7.85. The molecule has 0 aromatic rings. The summed E-state index contributed by atoms with van der Waals surface area (Å²) in [5.41, 5.74) is 5.55. The fraction of sp³-hybridized carbons (Fsp3) is 0.880. The van der Waals surface area contributed by atoms with Gasteiger partial charge in [-0.1, -0.05) is 0 Å². The molecular weight excluding hydrogens is 630 g/mol. The number of ether oxygens (including phenoxy) is 6. The van der Waals surface area contributed by atoms with E-state index >= 15 is 0 Å². The summed E-state index contributed by atoms with van der Waals surface area (Å²) in [4.78, 5) is 35.2. The normalized spacial score (nSPS) is 42.2. The Labute approximate surface area is 261 Å². The molecule has 3 heterocycles. The molecule has 46 heavy (non-hydrogen) atoms. The van der Waals surface area contributed by atoms with Crippen LogP contribution >= 0.6 is 0 Å². The van der Waals surface area contributed by atoms with Crippen LogP contribution in [0.1, 0.15) is 13.8 Å². The van der Waals surface area contributed by atoms with Gasteiger partial charge in [-0.05, 0) is 0 Å². The highest BCUT2D eigenvalue weighted by molar-refractivity contribution is 5.74. The van der Waals surface area contributed by atoms with Gasteiger partial charge in [-0.3, -0.25) is 14.4 Å². The number of aliphatic carboxylic acids is 1. The fourth-order valence-corrected chi connectivity index (χ4v) is 5.15. The Morgan fingerprint density at radius 1 is 0.696 bits per heavy atom. The number of amides is 2. The van der Waals surface area contributed by atoms with Crippen molar-refractivity contribution >= 4 is 17.8 Å². The number of aliphatic hydroxyl groups is 8. The number of carboxylic acids is 1. The molecule has 2 amide bonds. The topological polar surface area (TPSA) is 339 Å². The molecule has 3 aliphatic heterocycles. The lowest BCUT2D eigenvalue weighted by Crippen LogP contribution is -2.69. The molecule has 21 nitrogen and oxygen atoms in total. The Balaban J connectivity index is 1.91. The van der Waals surface area contributed by atoms with Gasteiger partial charge < -0.3 is 90.7 Å². The van der Waals surface area contributed by atoms with E-state index in [2.05, 4.69) is 10.6 Å². The minimum absolute atomic E-state index is 0.640. The van der Waals surface area contributed by atoms with Crippen molar-refractivity contribution in [3.05, 3.63) is 0 Å². The zero-order chi connectivity index (χ0) is 34.5. The second-order valence-electron chi connectivity index (χ2n) is 11.1. The first-order chi connectivity index (χ1) is 21.6. The molecule has 0 bridgehead atoms. The van der Waals surface area contributed by atoms with Crippen LogP contribution in [0.15, 0.2) is 0 Å². The second-order valence-corrected chi connectivity index (χ2v) is 11.1. The highest BCUT2D eigenvalue weighted by atomic mass is 16.7. The van der Waals surface area contributed by atoms with Crippen LogP contribution in [0.4, 0.5) is 0 Å². The third-order valence-electron chi connectivity index (χ3n) is 7.62. The Morgan fingerprint density at radius 2 is 1.20 bits per heavy atom. The summed E-state index contributed by atoms with van der Waals surface area (Å²) >= 11 is 0. The van der Waals surface area contributed by atoms with E-state index in [0.29, 0.717) is 0 Å². The van der Waals surface area contributed by atoms with Crippen molar-refractivity contribution < 1.29 is 88.8 Å². The van der Waals surface area contributed by atoms with Gasteiger partial charge in [0.1, 0.15) is 79.2 Å². The molecule has 3 rings (SSSR count). The summed E-state index contributed by atoms with van der Waals surface area (Å²) in [6.07, 6.45) is -21.6. The van der Waals surface area contributed by atoms with E-state index in [4.69, 9.17) is 34.2 Å². The molecular formula is C25H43N3O18. The molecule has 3 fully saturated rings. The molecule has 0 spiro atoms. The van der Waals surface area contributed by atoms with Crippen LogP contribution in [0.2, 0.25) is 0 Å². The van der Waals surface area contributed by atoms with E-state index in [1.165, 1.54) is 0 Å². The first kappa shape index (κ1) is 38.3. The van der Waals surface area contributed by atoms with Crippen molar-refractivity contribution in [2.24, 2.45) is 5.73 Å². The number of nitrogens with one attached hydrogen (secondary N) is 2. The number of aliphatic hydroxyl groups excluding tert-OH is 8. The SMILES string of the molecule is CC(=O)N[C@H]1[C@H](OC[C@H]2O[C@H](OC[C@H](N)C(=O)O)[C@H](NC(C)=O)[C@@H](O[C@@H]3O[C@H](CO)[C@H](O)[C@H](O)[C@H]3O)[C@H]2O)O[C@H](CO)[C@@H](O)[C@@H]1O. The fourth-order valence-electron chi connectivity index (χ4n) is 5.15. The minimum atomic E-state index is -1.93. The molecule has 3 aliphatic rings. The van der Waals surface area contributed by atoms with Gasteiger partial charge in [0.05, 0.1) is 26.4 Å². The third-order valence-corrected chi connectivity index (χ3v) is 7.62.